The molecule has 0 amide bonds. The van der Waals surface area contributed by atoms with Gasteiger partial charge in [0, 0.05) is 31.3 Å². The van der Waals surface area contributed by atoms with Gasteiger partial charge < -0.3 is 14.9 Å². The molecule has 0 heterocycles. The molecule has 0 aliphatic heterocycles. The Morgan fingerprint density at radius 2 is 2.05 bits per heavy atom. The molecule has 4 heteroatoms. The van der Waals surface area contributed by atoms with E-state index in [2.05, 4.69) is 30.6 Å². The van der Waals surface area contributed by atoms with Gasteiger partial charge in [-0.05, 0) is 38.5 Å². The summed E-state index contributed by atoms with van der Waals surface area (Å²) >= 11 is 0. The van der Waals surface area contributed by atoms with Crippen LogP contribution in [0.25, 0.3) is 0 Å². The molecule has 0 saturated carbocycles. The average molecular weight is 291 g/mol. The molecule has 1 aromatic carbocycles. The number of nitrogens with zero attached hydrogens (tertiary/aromatic N) is 1. The lowest BCUT2D eigenvalue weighted by Gasteiger charge is -2.26. The quantitative estimate of drug-likeness (QED) is 0.713. The van der Waals surface area contributed by atoms with E-state index >= 15 is 0 Å². The summed E-state index contributed by atoms with van der Waals surface area (Å²) in [4.78, 5) is 2.28. The van der Waals surface area contributed by atoms with Crippen molar-refractivity contribution in [2.45, 2.75) is 26.3 Å². The van der Waals surface area contributed by atoms with Crippen LogP contribution in [-0.4, -0.2) is 54.1 Å². The molecular formula is C17H25NO3. The Kier molecular flexibility index (Phi) is 8.53. The van der Waals surface area contributed by atoms with E-state index in [1.165, 1.54) is 0 Å². The maximum Gasteiger partial charge on any atom is 0.120 e. The molecule has 1 aromatic rings. The van der Waals surface area contributed by atoms with Crippen LogP contribution in [0.1, 0.15) is 25.8 Å². The fourth-order valence-corrected chi connectivity index (χ4v) is 1.99. The molecule has 4 nitrogen and oxygen atoms in total. The van der Waals surface area contributed by atoms with Crippen molar-refractivity contribution >= 4 is 0 Å². The summed E-state index contributed by atoms with van der Waals surface area (Å²) in [5.74, 6) is 6.27. The number of ether oxygens (including phenoxy) is 1. The van der Waals surface area contributed by atoms with Crippen molar-refractivity contribution in [3.63, 3.8) is 0 Å². The van der Waals surface area contributed by atoms with Gasteiger partial charge in [-0.1, -0.05) is 17.9 Å². The van der Waals surface area contributed by atoms with Crippen molar-refractivity contribution in [1.82, 2.24) is 4.90 Å². The molecule has 0 aromatic heterocycles. The number of aliphatic hydroxyl groups is 2. The Morgan fingerprint density at radius 1 is 1.24 bits per heavy atom. The Hall–Kier alpha value is -1.54. The second-order valence-corrected chi connectivity index (χ2v) is 5.04. The predicted octanol–water partition coefficient (Wildman–Crippen LogP) is 1.50. The molecule has 0 unspecified atom stereocenters. The van der Waals surface area contributed by atoms with Gasteiger partial charge in [-0.2, -0.15) is 0 Å². The Balaban J connectivity index is 2.47. The third kappa shape index (κ3) is 7.14. The van der Waals surface area contributed by atoms with Crippen molar-refractivity contribution in [2.75, 3.05) is 32.9 Å². The Labute approximate surface area is 127 Å². The highest BCUT2D eigenvalue weighted by Gasteiger charge is 2.08. The summed E-state index contributed by atoms with van der Waals surface area (Å²) in [5, 5.41) is 17.6. The van der Waals surface area contributed by atoms with Crippen LogP contribution < -0.4 is 4.74 Å². The minimum absolute atomic E-state index is 0.140. The molecule has 1 rings (SSSR count). The fraction of sp³-hybridized carbons (Fsp3) is 0.529. The third-order valence-corrected chi connectivity index (χ3v) is 3.13. The highest BCUT2D eigenvalue weighted by atomic mass is 16.5. The Morgan fingerprint density at radius 3 is 2.71 bits per heavy atom. The highest BCUT2D eigenvalue weighted by molar-refractivity contribution is 5.39. The third-order valence-electron chi connectivity index (χ3n) is 3.13. The summed E-state index contributed by atoms with van der Waals surface area (Å²) in [6.45, 7) is 6.66. The normalized spacial score (nSPS) is 10.6. The van der Waals surface area contributed by atoms with Crippen LogP contribution in [-0.2, 0) is 0 Å². The molecule has 0 aliphatic carbocycles. The number of hydrogen-bond donors (Lipinski definition) is 2. The first-order chi connectivity index (χ1) is 10.2. The SMILES string of the molecule is CC(C)N(CCCO)CCOc1cccc(C#CCO)c1. The molecule has 0 bridgehead atoms. The smallest absolute Gasteiger partial charge is 0.120 e. The van der Waals surface area contributed by atoms with E-state index in [4.69, 9.17) is 14.9 Å². The summed E-state index contributed by atoms with van der Waals surface area (Å²) in [7, 11) is 0. The summed E-state index contributed by atoms with van der Waals surface area (Å²) < 4.78 is 5.75. The molecular weight excluding hydrogens is 266 g/mol. The summed E-state index contributed by atoms with van der Waals surface area (Å²) in [6, 6.07) is 7.98. The van der Waals surface area contributed by atoms with E-state index in [0.717, 1.165) is 30.8 Å². The van der Waals surface area contributed by atoms with Crippen LogP contribution in [0.15, 0.2) is 24.3 Å². The van der Waals surface area contributed by atoms with Crippen LogP contribution in [0.5, 0.6) is 5.75 Å². The lowest BCUT2D eigenvalue weighted by atomic mass is 10.2. The largest absolute Gasteiger partial charge is 0.492 e. The second kappa shape index (κ2) is 10.2. The predicted molar refractivity (Wildman–Crippen MR) is 84.3 cm³/mol. The standard InChI is InChI=1S/C17H25NO3/c1-15(2)18(9-5-12-20)10-13-21-17-8-3-6-16(14-17)7-4-11-19/h3,6,8,14-15,19-20H,5,9-13H2,1-2H3. The van der Waals surface area contributed by atoms with E-state index in [9.17, 15) is 0 Å². The average Bonchev–Trinajstić information content (AvgIpc) is 2.48. The molecule has 21 heavy (non-hydrogen) atoms. The lowest BCUT2D eigenvalue weighted by molar-refractivity contribution is 0.160. The Bertz CT molecular complexity index is 463. The molecule has 116 valence electrons. The van der Waals surface area contributed by atoms with Gasteiger partial charge >= 0.3 is 0 Å². The van der Waals surface area contributed by atoms with Crippen LogP contribution in [0.2, 0.25) is 0 Å². The van der Waals surface area contributed by atoms with E-state index in [-0.39, 0.29) is 13.2 Å². The van der Waals surface area contributed by atoms with Gasteiger partial charge in [0.1, 0.15) is 19.0 Å². The van der Waals surface area contributed by atoms with Gasteiger partial charge in [0.15, 0.2) is 0 Å². The van der Waals surface area contributed by atoms with Crippen LogP contribution in [0, 0.1) is 11.8 Å². The topological polar surface area (TPSA) is 52.9 Å². The van der Waals surface area contributed by atoms with Gasteiger partial charge in [-0.15, -0.1) is 0 Å². The van der Waals surface area contributed by atoms with E-state index in [0.29, 0.717) is 12.6 Å². The van der Waals surface area contributed by atoms with Gasteiger partial charge in [0.05, 0.1) is 0 Å². The summed E-state index contributed by atoms with van der Waals surface area (Å²) in [5.41, 5.74) is 0.836. The molecule has 0 atom stereocenters. The van der Waals surface area contributed by atoms with E-state index in [1.807, 2.05) is 24.3 Å². The zero-order valence-corrected chi connectivity index (χ0v) is 12.9. The van der Waals surface area contributed by atoms with Crippen LogP contribution in [0.4, 0.5) is 0 Å². The molecule has 0 saturated heterocycles. The zero-order chi connectivity index (χ0) is 15.5. The fourth-order valence-electron chi connectivity index (χ4n) is 1.99. The first kappa shape index (κ1) is 17.5. The number of benzene rings is 1. The summed E-state index contributed by atoms with van der Waals surface area (Å²) in [6.07, 6.45) is 0.782. The van der Waals surface area contributed by atoms with Crippen molar-refractivity contribution in [3.05, 3.63) is 29.8 Å². The number of rotatable bonds is 8. The van der Waals surface area contributed by atoms with Gasteiger partial charge in [0.25, 0.3) is 0 Å². The monoisotopic (exact) mass is 291 g/mol. The van der Waals surface area contributed by atoms with Crippen molar-refractivity contribution < 1.29 is 14.9 Å². The van der Waals surface area contributed by atoms with Crippen molar-refractivity contribution in [1.29, 1.82) is 0 Å². The molecule has 0 aliphatic rings. The van der Waals surface area contributed by atoms with Crippen LogP contribution >= 0.6 is 0 Å². The molecule has 0 fully saturated rings. The minimum Gasteiger partial charge on any atom is -0.492 e. The van der Waals surface area contributed by atoms with Crippen molar-refractivity contribution in [2.24, 2.45) is 0 Å². The first-order valence-corrected chi connectivity index (χ1v) is 7.35. The van der Waals surface area contributed by atoms with E-state index < -0.39 is 0 Å². The number of hydrogen-bond acceptors (Lipinski definition) is 4. The first-order valence-electron chi connectivity index (χ1n) is 7.35. The van der Waals surface area contributed by atoms with Gasteiger partial charge in [-0.3, -0.25) is 4.90 Å². The van der Waals surface area contributed by atoms with Crippen LogP contribution in [0.3, 0.4) is 0 Å². The maximum absolute atomic E-state index is 8.91. The van der Waals surface area contributed by atoms with E-state index in [1.54, 1.807) is 0 Å². The molecule has 0 spiro atoms. The zero-order valence-electron chi connectivity index (χ0n) is 12.9. The molecule has 2 N–H and O–H groups in total. The highest BCUT2D eigenvalue weighted by Crippen LogP contribution is 2.12. The number of aliphatic hydroxyl groups excluding tert-OH is 2. The minimum atomic E-state index is -0.140. The van der Waals surface area contributed by atoms with Gasteiger partial charge in [0.2, 0.25) is 0 Å². The maximum atomic E-state index is 8.91. The lowest BCUT2D eigenvalue weighted by Crippen LogP contribution is -2.35. The van der Waals surface area contributed by atoms with Gasteiger partial charge in [-0.25, -0.2) is 0 Å². The second-order valence-electron chi connectivity index (χ2n) is 5.04. The molecule has 0 radical (unpaired) electrons. The van der Waals surface area contributed by atoms with Crippen molar-refractivity contribution in [3.8, 4) is 17.6 Å².